The summed E-state index contributed by atoms with van der Waals surface area (Å²) < 4.78 is 0. The summed E-state index contributed by atoms with van der Waals surface area (Å²) in [5.41, 5.74) is 2.61. The molecule has 1 aliphatic heterocycles. The second kappa shape index (κ2) is 7.10. The van der Waals surface area contributed by atoms with Crippen LogP contribution in [0.1, 0.15) is 17.5 Å². The lowest BCUT2D eigenvalue weighted by molar-refractivity contribution is 0.741. The van der Waals surface area contributed by atoms with Crippen LogP contribution in [-0.4, -0.2) is 18.9 Å². The van der Waals surface area contributed by atoms with E-state index in [1.54, 1.807) is 0 Å². The van der Waals surface area contributed by atoms with Crippen LogP contribution in [0.4, 0.5) is 0 Å². The van der Waals surface area contributed by atoms with Gasteiger partial charge in [0.2, 0.25) is 0 Å². The summed E-state index contributed by atoms with van der Waals surface area (Å²) in [6.07, 6.45) is 1.12. The maximum Gasteiger partial charge on any atom is 0.129 e. The van der Waals surface area contributed by atoms with Crippen LogP contribution in [0.25, 0.3) is 10.8 Å². The standard InChI is InChI=1S/C21H20N2S/c1-2-10-18-16(7-1)8-5-9-17(18)15-24-20-12-4-3-11-19(20)21-22-13-6-14-23-21/h1-5,7-12H,6,13-15H2,(H,22,23). The Morgan fingerprint density at radius 3 is 2.67 bits per heavy atom. The molecule has 0 atom stereocenters. The first-order valence-corrected chi connectivity index (χ1v) is 9.37. The monoisotopic (exact) mass is 332 g/mol. The highest BCUT2D eigenvalue weighted by atomic mass is 32.2. The maximum absolute atomic E-state index is 4.66. The van der Waals surface area contributed by atoms with Crippen molar-refractivity contribution in [2.45, 2.75) is 17.1 Å². The Morgan fingerprint density at radius 1 is 0.917 bits per heavy atom. The molecular formula is C21H20N2S. The van der Waals surface area contributed by atoms with Crippen molar-refractivity contribution in [3.05, 3.63) is 77.9 Å². The summed E-state index contributed by atoms with van der Waals surface area (Å²) in [6.45, 7) is 1.94. The lowest BCUT2D eigenvalue weighted by Gasteiger charge is -2.17. The fourth-order valence-corrected chi connectivity index (χ4v) is 4.13. The van der Waals surface area contributed by atoms with Gasteiger partial charge in [-0.1, -0.05) is 60.7 Å². The Balaban J connectivity index is 1.61. The SMILES string of the molecule is c1ccc(C2=NCCCN2)c(SCc2cccc3ccccc23)c1. The second-order valence-corrected chi connectivity index (χ2v) is 6.95. The second-order valence-electron chi connectivity index (χ2n) is 5.93. The summed E-state index contributed by atoms with van der Waals surface area (Å²) in [5.74, 6) is 2.01. The number of amidine groups is 1. The molecule has 1 aliphatic rings. The predicted molar refractivity (Wildman–Crippen MR) is 104 cm³/mol. The van der Waals surface area contributed by atoms with E-state index in [1.165, 1.54) is 26.8 Å². The van der Waals surface area contributed by atoms with Crippen molar-refractivity contribution in [3.8, 4) is 0 Å². The van der Waals surface area contributed by atoms with Crippen molar-refractivity contribution in [2.75, 3.05) is 13.1 Å². The number of thioether (sulfide) groups is 1. The molecule has 3 aromatic carbocycles. The van der Waals surface area contributed by atoms with Gasteiger partial charge < -0.3 is 5.32 Å². The number of aliphatic imine (C=N–C) groups is 1. The van der Waals surface area contributed by atoms with Crippen LogP contribution in [0, 0.1) is 0 Å². The number of benzene rings is 3. The first kappa shape index (κ1) is 15.3. The molecule has 24 heavy (non-hydrogen) atoms. The van der Waals surface area contributed by atoms with Crippen LogP contribution >= 0.6 is 11.8 Å². The molecule has 120 valence electrons. The van der Waals surface area contributed by atoms with E-state index in [0.717, 1.165) is 31.1 Å². The minimum absolute atomic E-state index is 0.921. The summed E-state index contributed by atoms with van der Waals surface area (Å²) in [4.78, 5) is 5.95. The Kier molecular flexibility index (Phi) is 4.52. The Hall–Kier alpha value is -2.26. The van der Waals surface area contributed by atoms with E-state index >= 15 is 0 Å². The molecule has 2 nitrogen and oxygen atoms in total. The summed E-state index contributed by atoms with van der Waals surface area (Å²) in [5, 5.41) is 6.09. The maximum atomic E-state index is 4.66. The Bertz CT molecular complexity index is 880. The topological polar surface area (TPSA) is 24.4 Å². The van der Waals surface area contributed by atoms with E-state index in [1.807, 2.05) is 11.8 Å². The van der Waals surface area contributed by atoms with Crippen molar-refractivity contribution in [1.82, 2.24) is 5.32 Å². The molecule has 0 radical (unpaired) electrons. The minimum Gasteiger partial charge on any atom is -0.370 e. The molecule has 0 aromatic heterocycles. The van der Waals surface area contributed by atoms with E-state index in [9.17, 15) is 0 Å². The average molecular weight is 332 g/mol. The van der Waals surface area contributed by atoms with Crippen LogP contribution in [0.2, 0.25) is 0 Å². The van der Waals surface area contributed by atoms with Crippen molar-refractivity contribution >= 4 is 28.4 Å². The van der Waals surface area contributed by atoms with Crippen molar-refractivity contribution in [2.24, 2.45) is 4.99 Å². The van der Waals surface area contributed by atoms with Crippen LogP contribution in [0.15, 0.2) is 76.6 Å². The molecule has 0 bridgehead atoms. The van der Waals surface area contributed by atoms with E-state index < -0.39 is 0 Å². The van der Waals surface area contributed by atoms with Crippen molar-refractivity contribution in [1.29, 1.82) is 0 Å². The fraction of sp³-hybridized carbons (Fsp3) is 0.190. The van der Waals surface area contributed by atoms with Gasteiger partial charge in [0, 0.05) is 29.3 Å². The summed E-state index contributed by atoms with van der Waals surface area (Å²) in [6, 6.07) is 23.7. The van der Waals surface area contributed by atoms with E-state index in [-0.39, 0.29) is 0 Å². The molecule has 0 aliphatic carbocycles. The highest BCUT2D eigenvalue weighted by Gasteiger charge is 2.12. The third kappa shape index (κ3) is 3.17. The lowest BCUT2D eigenvalue weighted by Crippen LogP contribution is -2.30. The minimum atomic E-state index is 0.921. The Labute approximate surface area is 147 Å². The summed E-state index contributed by atoms with van der Waals surface area (Å²) >= 11 is 1.89. The Morgan fingerprint density at radius 2 is 1.75 bits per heavy atom. The molecule has 0 saturated heterocycles. The van der Waals surface area contributed by atoms with Crippen LogP contribution in [0.3, 0.4) is 0 Å². The van der Waals surface area contributed by atoms with Crippen LogP contribution in [0.5, 0.6) is 0 Å². The number of nitrogens with one attached hydrogen (secondary N) is 1. The van der Waals surface area contributed by atoms with Gasteiger partial charge in [-0.25, -0.2) is 0 Å². The van der Waals surface area contributed by atoms with Gasteiger partial charge in [-0.3, -0.25) is 4.99 Å². The van der Waals surface area contributed by atoms with E-state index in [0.29, 0.717) is 0 Å². The van der Waals surface area contributed by atoms with Gasteiger partial charge in [0.15, 0.2) is 0 Å². The molecule has 0 unspecified atom stereocenters. The van der Waals surface area contributed by atoms with Gasteiger partial charge >= 0.3 is 0 Å². The quantitative estimate of drug-likeness (QED) is 0.689. The molecule has 0 saturated carbocycles. The van der Waals surface area contributed by atoms with Gasteiger partial charge in [-0.05, 0) is 28.8 Å². The van der Waals surface area contributed by atoms with E-state index in [2.05, 4.69) is 77.0 Å². The third-order valence-electron chi connectivity index (χ3n) is 4.30. The molecule has 0 spiro atoms. The zero-order valence-electron chi connectivity index (χ0n) is 13.5. The zero-order chi connectivity index (χ0) is 16.2. The van der Waals surface area contributed by atoms with Crippen molar-refractivity contribution in [3.63, 3.8) is 0 Å². The van der Waals surface area contributed by atoms with Gasteiger partial charge in [0.05, 0.1) is 0 Å². The van der Waals surface area contributed by atoms with Crippen molar-refractivity contribution < 1.29 is 0 Å². The van der Waals surface area contributed by atoms with Gasteiger partial charge in [-0.2, -0.15) is 0 Å². The molecule has 0 fully saturated rings. The molecule has 3 heteroatoms. The third-order valence-corrected chi connectivity index (χ3v) is 5.42. The molecule has 3 aromatic rings. The number of nitrogens with zero attached hydrogens (tertiary/aromatic N) is 1. The summed E-state index contributed by atoms with van der Waals surface area (Å²) in [7, 11) is 0. The predicted octanol–water partition coefficient (Wildman–Crippen LogP) is 4.87. The van der Waals surface area contributed by atoms with E-state index in [4.69, 9.17) is 0 Å². The number of rotatable bonds is 4. The number of hydrogen-bond acceptors (Lipinski definition) is 3. The first-order valence-electron chi connectivity index (χ1n) is 8.39. The van der Waals surface area contributed by atoms with Crippen LogP contribution < -0.4 is 5.32 Å². The average Bonchev–Trinajstić information content (AvgIpc) is 2.67. The van der Waals surface area contributed by atoms with Gasteiger partial charge in [0.25, 0.3) is 0 Å². The molecule has 4 rings (SSSR count). The molecule has 1 heterocycles. The zero-order valence-corrected chi connectivity index (χ0v) is 14.4. The molecule has 0 amide bonds. The first-order chi connectivity index (χ1) is 11.9. The fourth-order valence-electron chi connectivity index (χ4n) is 3.08. The number of hydrogen-bond donors (Lipinski definition) is 1. The number of fused-ring (bicyclic) bond motifs is 1. The van der Waals surface area contributed by atoms with Gasteiger partial charge in [-0.15, -0.1) is 11.8 Å². The highest BCUT2D eigenvalue weighted by Crippen LogP contribution is 2.29. The highest BCUT2D eigenvalue weighted by molar-refractivity contribution is 7.98. The van der Waals surface area contributed by atoms with Gasteiger partial charge in [0.1, 0.15) is 5.84 Å². The smallest absolute Gasteiger partial charge is 0.129 e. The lowest BCUT2D eigenvalue weighted by atomic mass is 10.1. The molecule has 1 N–H and O–H groups in total. The normalized spacial score (nSPS) is 14.2. The largest absolute Gasteiger partial charge is 0.370 e. The molecular weight excluding hydrogens is 312 g/mol. The van der Waals surface area contributed by atoms with Crippen LogP contribution in [-0.2, 0) is 5.75 Å².